The Bertz CT molecular complexity index is 1000. The number of rotatable bonds is 7. The van der Waals surface area contributed by atoms with Crippen molar-refractivity contribution in [2.24, 2.45) is 0 Å². The molecule has 0 spiro atoms. The first-order valence-corrected chi connectivity index (χ1v) is 10.1. The number of hydrogen-bond acceptors (Lipinski definition) is 7. The molecule has 2 heterocycles. The Hall–Kier alpha value is -1.62. The molecule has 154 valence electrons. The Kier molecular flexibility index (Phi) is 6.88. The fraction of sp³-hybridized carbons (Fsp3) is 0.412. The van der Waals surface area contributed by atoms with Crippen molar-refractivity contribution in [2.45, 2.75) is 38.3 Å². The van der Waals surface area contributed by atoms with Crippen LogP contribution < -0.4 is 10.2 Å². The summed E-state index contributed by atoms with van der Waals surface area (Å²) < 4.78 is 36.6. The molecular weight excluding hydrogens is 421 g/mol. The van der Waals surface area contributed by atoms with Gasteiger partial charge in [0.15, 0.2) is 13.5 Å². The highest BCUT2D eigenvalue weighted by Gasteiger charge is 2.38. The highest BCUT2D eigenvalue weighted by Crippen LogP contribution is 2.49. The predicted octanol–water partition coefficient (Wildman–Crippen LogP) is 2.43. The summed E-state index contributed by atoms with van der Waals surface area (Å²) in [6.45, 7) is 2.01. The van der Waals surface area contributed by atoms with Crippen LogP contribution in [0.15, 0.2) is 29.2 Å². The molecule has 8 nitrogen and oxygen atoms in total. The molecule has 1 aliphatic heterocycles. The van der Waals surface area contributed by atoms with E-state index in [9.17, 15) is 14.3 Å². The molecule has 3 unspecified atom stereocenters. The zero-order valence-electron chi connectivity index (χ0n) is 15.8. The topological polar surface area (TPSA) is 94.9 Å². The van der Waals surface area contributed by atoms with Gasteiger partial charge in [-0.05, 0) is 31.5 Å². The molecule has 2 radical (unpaired) electrons. The predicted molar refractivity (Wildman–Crippen MR) is 107 cm³/mol. The van der Waals surface area contributed by atoms with E-state index in [0.717, 1.165) is 5.56 Å². The van der Waals surface area contributed by atoms with Crippen LogP contribution in [0.5, 0.6) is 5.75 Å². The van der Waals surface area contributed by atoms with Gasteiger partial charge < -0.3 is 18.9 Å². The van der Waals surface area contributed by atoms with Crippen LogP contribution in [0.4, 0.5) is 4.39 Å². The van der Waals surface area contributed by atoms with Crippen molar-refractivity contribution in [1.82, 2.24) is 9.55 Å². The van der Waals surface area contributed by atoms with E-state index in [1.807, 2.05) is 0 Å². The first-order chi connectivity index (χ1) is 13.7. The summed E-state index contributed by atoms with van der Waals surface area (Å²) in [5.74, 6) is -0.0280. The number of aromatic amines is 1. The van der Waals surface area contributed by atoms with Crippen LogP contribution in [0, 0.1) is 17.4 Å². The van der Waals surface area contributed by atoms with E-state index in [-0.39, 0.29) is 25.3 Å². The largest absolute Gasteiger partial charge is 0.426 e. The Morgan fingerprint density at radius 2 is 2.31 bits per heavy atom. The Morgan fingerprint density at radius 3 is 3.03 bits per heavy atom. The summed E-state index contributed by atoms with van der Waals surface area (Å²) in [4.78, 5) is 14.6. The van der Waals surface area contributed by atoms with Gasteiger partial charge in [0.2, 0.25) is 0 Å². The van der Waals surface area contributed by atoms with Crippen molar-refractivity contribution >= 4 is 28.7 Å². The first kappa shape index (κ1) is 22.1. The standard InChI is InChI=1S/C17H19BFN2O6PS/c1-10-8-21(16(22)20-15(10)29)6-5-14(24-2)17(18,23)27-28-25-9-11-7-12(19)3-4-13(11)26-28/h3-4,7-8,14,23H,5-6,9H2,1-2H3,(H,20,22,29). The van der Waals surface area contributed by atoms with Crippen molar-refractivity contribution < 1.29 is 27.8 Å². The summed E-state index contributed by atoms with van der Waals surface area (Å²) in [6, 6.07) is 3.98. The quantitative estimate of drug-likeness (QED) is 0.296. The second kappa shape index (κ2) is 9.03. The first-order valence-electron chi connectivity index (χ1n) is 8.62. The monoisotopic (exact) mass is 440 g/mol. The van der Waals surface area contributed by atoms with Gasteiger partial charge in [0.25, 0.3) is 0 Å². The molecule has 3 atom stereocenters. The van der Waals surface area contributed by atoms with Crippen LogP contribution >= 0.6 is 20.8 Å². The number of aromatic nitrogens is 2. The van der Waals surface area contributed by atoms with E-state index in [4.69, 9.17) is 38.4 Å². The number of aryl methyl sites for hydroxylation is 2. The highest BCUT2D eigenvalue weighted by atomic mass is 32.1. The lowest BCUT2D eigenvalue weighted by molar-refractivity contribution is -0.161. The number of halogens is 1. The fourth-order valence-electron chi connectivity index (χ4n) is 2.74. The third kappa shape index (κ3) is 5.30. The molecule has 0 saturated carbocycles. The van der Waals surface area contributed by atoms with Crippen molar-refractivity contribution in [3.8, 4) is 5.75 Å². The number of hydrogen-bond donors (Lipinski definition) is 2. The zero-order valence-corrected chi connectivity index (χ0v) is 17.5. The summed E-state index contributed by atoms with van der Waals surface area (Å²) in [7, 11) is 5.21. The molecule has 0 fully saturated rings. The zero-order chi connectivity index (χ0) is 21.2. The van der Waals surface area contributed by atoms with Crippen molar-refractivity contribution in [3.05, 3.63) is 56.5 Å². The van der Waals surface area contributed by atoms with Crippen LogP contribution in [0.2, 0.25) is 0 Å². The molecule has 3 rings (SSSR count). The molecular formula is C17H19BFN2O6PS. The average Bonchev–Trinajstić information content (AvgIpc) is 2.65. The highest BCUT2D eigenvalue weighted by molar-refractivity contribution is 7.71. The van der Waals surface area contributed by atoms with E-state index >= 15 is 0 Å². The number of aliphatic hydroxyl groups is 1. The van der Waals surface area contributed by atoms with Gasteiger partial charge in [0, 0.05) is 31.0 Å². The lowest BCUT2D eigenvalue weighted by Crippen LogP contribution is -2.46. The average molecular weight is 440 g/mol. The molecule has 29 heavy (non-hydrogen) atoms. The summed E-state index contributed by atoms with van der Waals surface area (Å²) in [6.07, 6.45) is 0.762. The van der Waals surface area contributed by atoms with E-state index in [1.165, 1.54) is 29.9 Å². The summed E-state index contributed by atoms with van der Waals surface area (Å²) in [5, 5.41) is 10.6. The number of nitrogens with zero attached hydrogens (tertiary/aromatic N) is 1. The van der Waals surface area contributed by atoms with E-state index < -0.39 is 26.2 Å². The SMILES string of the molecule is [B]C(O)(OP1OCc2cc(F)ccc2O1)C(CCn1cc(C)c(=S)[nH]c1=O)OC. The number of benzene rings is 1. The molecule has 0 saturated heterocycles. The Morgan fingerprint density at radius 1 is 1.55 bits per heavy atom. The van der Waals surface area contributed by atoms with Crippen LogP contribution in [0.1, 0.15) is 17.5 Å². The number of fused-ring (bicyclic) bond motifs is 1. The van der Waals surface area contributed by atoms with Crippen molar-refractivity contribution in [2.75, 3.05) is 7.11 Å². The minimum atomic E-state index is -2.25. The van der Waals surface area contributed by atoms with Crippen LogP contribution in [-0.2, 0) is 26.9 Å². The van der Waals surface area contributed by atoms with Gasteiger partial charge in [-0.15, -0.1) is 0 Å². The van der Waals surface area contributed by atoms with Crippen LogP contribution in [-0.4, -0.2) is 41.4 Å². The lowest BCUT2D eigenvalue weighted by Gasteiger charge is -2.35. The molecule has 0 bridgehead atoms. The molecule has 2 aromatic rings. The second-order valence-corrected chi connectivity index (χ2v) is 7.94. The summed E-state index contributed by atoms with van der Waals surface area (Å²) in [5.41, 5.74) is -1.38. The Balaban J connectivity index is 1.65. The maximum absolute atomic E-state index is 13.3. The minimum absolute atomic E-state index is 0.0461. The minimum Gasteiger partial charge on any atom is -0.426 e. The van der Waals surface area contributed by atoms with Gasteiger partial charge in [-0.2, -0.15) is 0 Å². The number of H-pyrrole nitrogens is 1. The Labute approximate surface area is 174 Å². The van der Waals surface area contributed by atoms with Gasteiger partial charge >= 0.3 is 14.3 Å². The molecule has 0 aliphatic carbocycles. The molecule has 1 aliphatic rings. The van der Waals surface area contributed by atoms with E-state index in [0.29, 0.717) is 16.0 Å². The van der Waals surface area contributed by atoms with Crippen LogP contribution in [0.25, 0.3) is 0 Å². The lowest BCUT2D eigenvalue weighted by atomic mass is 9.87. The maximum atomic E-state index is 13.3. The molecule has 1 aromatic heterocycles. The second-order valence-electron chi connectivity index (χ2n) is 6.46. The number of ether oxygens (including phenoxy) is 1. The number of nitrogens with one attached hydrogen (secondary N) is 1. The van der Waals surface area contributed by atoms with Gasteiger partial charge in [-0.3, -0.25) is 14.0 Å². The maximum Gasteiger partial charge on any atom is 0.399 e. The van der Waals surface area contributed by atoms with Crippen molar-refractivity contribution in [3.63, 3.8) is 0 Å². The molecule has 12 heteroatoms. The molecule has 0 amide bonds. The summed E-state index contributed by atoms with van der Waals surface area (Å²) >= 11 is 5.02. The van der Waals surface area contributed by atoms with Gasteiger partial charge in [0.1, 0.15) is 22.3 Å². The smallest absolute Gasteiger partial charge is 0.399 e. The fourth-order valence-corrected chi connectivity index (χ4v) is 3.96. The number of methoxy groups -OCH3 is 1. The van der Waals surface area contributed by atoms with Crippen LogP contribution in [0.3, 0.4) is 0 Å². The van der Waals surface area contributed by atoms with E-state index in [2.05, 4.69) is 4.98 Å². The van der Waals surface area contributed by atoms with E-state index in [1.54, 1.807) is 13.1 Å². The molecule has 2 N–H and O–H groups in total. The normalized spacial score (nSPS) is 19.1. The van der Waals surface area contributed by atoms with Gasteiger partial charge in [-0.25, -0.2) is 9.18 Å². The molecule has 1 aromatic carbocycles. The third-order valence-corrected chi connectivity index (χ3v) is 5.86. The third-order valence-electron chi connectivity index (χ3n) is 4.31. The van der Waals surface area contributed by atoms with Crippen molar-refractivity contribution in [1.29, 1.82) is 0 Å². The van der Waals surface area contributed by atoms with Gasteiger partial charge in [0.05, 0.1) is 6.61 Å². The van der Waals surface area contributed by atoms with Gasteiger partial charge in [-0.1, -0.05) is 12.2 Å².